The molecular formula is C30H23Cl3N2O4. The fourth-order valence-corrected chi connectivity index (χ4v) is 5.89. The number of hydrogen-bond donors (Lipinski definition) is 1. The zero-order valence-corrected chi connectivity index (χ0v) is 23.3. The largest absolute Gasteiger partial charge is 0.489 e. The average Bonchev–Trinajstić information content (AvgIpc) is 3.51. The van der Waals surface area contributed by atoms with Crippen LogP contribution in [0.15, 0.2) is 65.2 Å². The Kier molecular flexibility index (Phi) is 7.35. The van der Waals surface area contributed by atoms with Crippen LogP contribution >= 0.6 is 34.8 Å². The summed E-state index contributed by atoms with van der Waals surface area (Å²) in [7, 11) is 0. The van der Waals surface area contributed by atoms with Crippen LogP contribution in [0.4, 0.5) is 0 Å². The number of halogens is 3. The van der Waals surface area contributed by atoms with Gasteiger partial charge in [-0.05, 0) is 53.9 Å². The number of ether oxygens (including phenoxy) is 1. The lowest BCUT2D eigenvalue weighted by Crippen LogP contribution is -2.08. The summed E-state index contributed by atoms with van der Waals surface area (Å²) in [4.78, 5) is 11.4. The first-order chi connectivity index (χ1) is 18.7. The summed E-state index contributed by atoms with van der Waals surface area (Å²) in [5.41, 5.74) is 2.66. The zero-order valence-electron chi connectivity index (χ0n) is 21.0. The van der Waals surface area contributed by atoms with E-state index in [0.29, 0.717) is 49.8 Å². The topological polar surface area (TPSA) is 96.4 Å². The van der Waals surface area contributed by atoms with Gasteiger partial charge in [-0.25, -0.2) is 4.79 Å². The van der Waals surface area contributed by atoms with Crippen LogP contribution in [-0.4, -0.2) is 16.2 Å². The Morgan fingerprint density at radius 3 is 2.49 bits per heavy atom. The van der Waals surface area contributed by atoms with E-state index in [1.165, 1.54) is 6.07 Å². The van der Waals surface area contributed by atoms with Crippen LogP contribution < -0.4 is 4.74 Å². The van der Waals surface area contributed by atoms with Gasteiger partial charge in [-0.2, -0.15) is 5.26 Å². The van der Waals surface area contributed by atoms with Crippen LogP contribution in [-0.2, 0) is 12.0 Å². The third-order valence-corrected chi connectivity index (χ3v) is 7.99. The number of rotatable bonds is 8. The Morgan fingerprint density at radius 1 is 1.13 bits per heavy atom. The first kappa shape index (κ1) is 27.1. The van der Waals surface area contributed by atoms with Gasteiger partial charge in [-0.1, -0.05) is 78.1 Å². The molecule has 0 saturated heterocycles. The van der Waals surface area contributed by atoms with Crippen LogP contribution in [0.2, 0.25) is 15.1 Å². The van der Waals surface area contributed by atoms with E-state index in [0.717, 1.165) is 11.1 Å². The summed E-state index contributed by atoms with van der Waals surface area (Å²) in [6.45, 7) is 4.12. The van der Waals surface area contributed by atoms with Crippen molar-refractivity contribution in [2.24, 2.45) is 0 Å². The van der Waals surface area contributed by atoms with E-state index in [9.17, 15) is 15.2 Å². The van der Waals surface area contributed by atoms with Crippen molar-refractivity contribution in [3.8, 4) is 23.1 Å². The highest BCUT2D eigenvalue weighted by molar-refractivity contribution is 6.39. The molecule has 1 saturated carbocycles. The Bertz CT molecular complexity index is 1600. The molecule has 1 heterocycles. The number of carboxylic acid groups (broad SMARTS) is 1. The molecule has 2 atom stereocenters. The van der Waals surface area contributed by atoms with Crippen LogP contribution in [0, 0.1) is 11.3 Å². The molecule has 1 N–H and O–H groups in total. The van der Waals surface area contributed by atoms with Crippen LogP contribution in [0.25, 0.3) is 11.3 Å². The Balaban J connectivity index is 1.41. The summed E-state index contributed by atoms with van der Waals surface area (Å²) in [5.74, 6) is 0.0529. The average molecular weight is 582 g/mol. The van der Waals surface area contributed by atoms with Crippen molar-refractivity contribution in [3.63, 3.8) is 0 Å². The molecule has 0 amide bonds. The maximum atomic E-state index is 11.4. The van der Waals surface area contributed by atoms with E-state index in [1.807, 2.05) is 19.9 Å². The molecule has 0 bridgehead atoms. The smallest absolute Gasteiger partial charge is 0.335 e. The molecule has 1 aliphatic rings. The molecule has 9 heteroatoms. The molecule has 198 valence electrons. The van der Waals surface area contributed by atoms with Crippen molar-refractivity contribution in [2.45, 2.75) is 44.1 Å². The van der Waals surface area contributed by atoms with E-state index >= 15 is 0 Å². The summed E-state index contributed by atoms with van der Waals surface area (Å²) < 4.78 is 11.8. The summed E-state index contributed by atoms with van der Waals surface area (Å²) in [6.07, 6.45) is 0.548. The summed E-state index contributed by atoms with van der Waals surface area (Å²) in [5, 5.41) is 25.0. The minimum absolute atomic E-state index is 0.0407. The van der Waals surface area contributed by atoms with Gasteiger partial charge in [0.1, 0.15) is 23.8 Å². The lowest BCUT2D eigenvalue weighted by atomic mass is 9.91. The highest BCUT2D eigenvalue weighted by Gasteiger charge is 2.57. The maximum absolute atomic E-state index is 11.4. The number of aromatic nitrogens is 1. The highest BCUT2D eigenvalue weighted by Crippen LogP contribution is 2.61. The molecule has 1 fully saturated rings. The van der Waals surface area contributed by atoms with Gasteiger partial charge in [0, 0.05) is 22.4 Å². The standard InChI is InChI=1S/C30H23Cl3N2O4/c1-16(2)28-20(27(35-39-28)26-23(31)7-4-8-24(26)32)14-38-19-9-10-21(25(33)12-19)30(15-34)13-22(30)17-5-3-6-18(11-17)29(36)37/h3-12,16,22H,13-14H2,1-2H3,(H,36,37). The molecule has 4 aromatic rings. The first-order valence-corrected chi connectivity index (χ1v) is 13.4. The van der Waals surface area contributed by atoms with Gasteiger partial charge in [-0.15, -0.1) is 0 Å². The molecule has 3 aromatic carbocycles. The second kappa shape index (κ2) is 10.6. The van der Waals surface area contributed by atoms with Gasteiger partial charge < -0.3 is 14.4 Å². The van der Waals surface area contributed by atoms with Crippen molar-refractivity contribution >= 4 is 40.8 Å². The van der Waals surface area contributed by atoms with Crippen molar-refractivity contribution in [1.29, 1.82) is 5.26 Å². The summed E-state index contributed by atoms with van der Waals surface area (Å²) in [6, 6.07) is 19.6. The third kappa shape index (κ3) is 4.98. The molecule has 39 heavy (non-hydrogen) atoms. The van der Waals surface area contributed by atoms with Gasteiger partial charge in [0.2, 0.25) is 0 Å². The number of nitrogens with zero attached hydrogens (tertiary/aromatic N) is 2. The summed E-state index contributed by atoms with van der Waals surface area (Å²) >= 11 is 19.6. The van der Waals surface area contributed by atoms with Gasteiger partial charge in [0.25, 0.3) is 0 Å². The molecule has 1 aromatic heterocycles. The fourth-order valence-electron chi connectivity index (χ4n) is 4.97. The van der Waals surface area contributed by atoms with Crippen LogP contribution in [0.5, 0.6) is 5.75 Å². The van der Waals surface area contributed by atoms with Crippen molar-refractivity contribution < 1.29 is 19.2 Å². The first-order valence-electron chi connectivity index (χ1n) is 12.3. The molecular weight excluding hydrogens is 559 g/mol. The van der Waals surface area contributed by atoms with Crippen molar-refractivity contribution in [2.75, 3.05) is 0 Å². The van der Waals surface area contributed by atoms with Gasteiger partial charge in [-0.3, -0.25) is 0 Å². The third-order valence-electron chi connectivity index (χ3n) is 7.04. The van der Waals surface area contributed by atoms with Gasteiger partial charge >= 0.3 is 5.97 Å². The predicted octanol–water partition coefficient (Wildman–Crippen LogP) is 8.65. The minimum Gasteiger partial charge on any atom is -0.489 e. The minimum atomic E-state index is -1.01. The van der Waals surface area contributed by atoms with Crippen molar-refractivity contribution in [1.82, 2.24) is 5.16 Å². The second-order valence-electron chi connectivity index (χ2n) is 9.83. The van der Waals surface area contributed by atoms with Gasteiger partial charge in [0.05, 0.1) is 32.7 Å². The number of aromatic carboxylic acids is 1. The van der Waals surface area contributed by atoms with Crippen LogP contribution in [0.3, 0.4) is 0 Å². The number of nitriles is 1. The van der Waals surface area contributed by atoms with E-state index in [1.54, 1.807) is 48.5 Å². The van der Waals surface area contributed by atoms with Gasteiger partial charge in [0.15, 0.2) is 0 Å². The molecule has 5 rings (SSSR count). The predicted molar refractivity (Wildman–Crippen MR) is 150 cm³/mol. The maximum Gasteiger partial charge on any atom is 0.335 e. The molecule has 0 spiro atoms. The molecule has 2 unspecified atom stereocenters. The quantitative estimate of drug-likeness (QED) is 0.224. The lowest BCUT2D eigenvalue weighted by molar-refractivity contribution is 0.0696. The second-order valence-corrected chi connectivity index (χ2v) is 11.0. The molecule has 6 nitrogen and oxygen atoms in total. The zero-order chi connectivity index (χ0) is 27.9. The SMILES string of the molecule is CC(C)c1onc(-c2c(Cl)cccc2Cl)c1COc1ccc(C2(C#N)CC2c2cccc(C(=O)O)c2)c(Cl)c1. The fraction of sp³-hybridized carbons (Fsp3) is 0.233. The Hall–Kier alpha value is -3.50. The number of carboxylic acids is 1. The molecule has 0 aliphatic heterocycles. The number of benzene rings is 3. The normalized spacial score (nSPS) is 18.1. The number of carbonyl (C=O) groups is 1. The van der Waals surface area contributed by atoms with Crippen LogP contribution in [0.1, 0.15) is 64.9 Å². The molecule has 0 radical (unpaired) electrons. The molecule has 1 aliphatic carbocycles. The monoisotopic (exact) mass is 580 g/mol. The Morgan fingerprint density at radius 2 is 1.85 bits per heavy atom. The highest BCUT2D eigenvalue weighted by atomic mass is 35.5. The van der Waals surface area contributed by atoms with Crippen molar-refractivity contribution in [3.05, 3.63) is 104 Å². The lowest BCUT2D eigenvalue weighted by Gasteiger charge is -2.15. The van der Waals surface area contributed by atoms with E-state index in [-0.39, 0.29) is 24.0 Å². The number of hydrogen-bond acceptors (Lipinski definition) is 5. The van der Waals surface area contributed by atoms with E-state index in [2.05, 4.69) is 11.2 Å². The Labute approximate surface area is 240 Å². The van der Waals surface area contributed by atoms with E-state index in [4.69, 9.17) is 44.1 Å². The van der Waals surface area contributed by atoms with E-state index < -0.39 is 11.4 Å².